The molecule has 7 nitrogen and oxygen atoms in total. The number of quaternary nitrogens is 2. The van der Waals surface area contributed by atoms with Gasteiger partial charge >= 0.3 is 0 Å². The highest BCUT2D eigenvalue weighted by Gasteiger charge is 2.30. The Morgan fingerprint density at radius 2 is 2.12 bits per heavy atom. The van der Waals surface area contributed by atoms with Gasteiger partial charge in [-0.2, -0.15) is 0 Å². The number of carbonyl (C=O) groups is 2. The summed E-state index contributed by atoms with van der Waals surface area (Å²) in [6, 6.07) is 7.36. The summed E-state index contributed by atoms with van der Waals surface area (Å²) in [5, 5.41) is 4.96. The minimum Gasteiger partial charge on any atom is -0.370 e. The largest absolute Gasteiger partial charge is 0.370 e. The van der Waals surface area contributed by atoms with Crippen LogP contribution in [0.5, 0.6) is 0 Å². The van der Waals surface area contributed by atoms with Crippen LogP contribution in [-0.4, -0.2) is 63.8 Å². The number of nitrogens with one attached hydrogen (secondary N) is 2. The van der Waals surface area contributed by atoms with E-state index in [1.807, 2.05) is 31.2 Å². The Hall–Kier alpha value is -1.96. The third-order valence-electron chi connectivity index (χ3n) is 4.85. The molecule has 7 heteroatoms. The van der Waals surface area contributed by atoms with E-state index < -0.39 is 0 Å². The van der Waals surface area contributed by atoms with Crippen LogP contribution in [0.4, 0.5) is 11.4 Å². The quantitative estimate of drug-likeness (QED) is 0.551. The van der Waals surface area contributed by atoms with Crippen molar-refractivity contribution in [3.05, 3.63) is 24.3 Å². The van der Waals surface area contributed by atoms with Crippen molar-refractivity contribution in [1.82, 2.24) is 0 Å². The molecule has 2 heterocycles. The number of nitrogens with two attached hydrogens (primary N) is 1. The fourth-order valence-electron chi connectivity index (χ4n) is 3.51. The zero-order chi connectivity index (χ0) is 17.6. The summed E-state index contributed by atoms with van der Waals surface area (Å²) in [6.45, 7) is 8.05. The number of para-hydroxylation sites is 2. The molecule has 4 N–H and O–H groups in total. The maximum absolute atomic E-state index is 12.8. The summed E-state index contributed by atoms with van der Waals surface area (Å²) in [5.41, 5.74) is 1.50. The maximum atomic E-state index is 12.8. The van der Waals surface area contributed by atoms with Crippen LogP contribution in [0.15, 0.2) is 24.3 Å². The van der Waals surface area contributed by atoms with Gasteiger partial charge in [0.2, 0.25) is 5.91 Å². The van der Waals surface area contributed by atoms with Crippen LogP contribution in [-0.2, 0) is 14.3 Å². The van der Waals surface area contributed by atoms with Gasteiger partial charge in [0.05, 0.1) is 24.6 Å². The minimum atomic E-state index is -0.144. The molecule has 1 aromatic carbocycles. The van der Waals surface area contributed by atoms with Crippen molar-refractivity contribution < 1.29 is 24.5 Å². The molecule has 0 radical (unpaired) electrons. The van der Waals surface area contributed by atoms with Gasteiger partial charge in [-0.05, 0) is 19.1 Å². The van der Waals surface area contributed by atoms with E-state index in [0.717, 1.165) is 45.1 Å². The fraction of sp³-hybridized carbons (Fsp3) is 0.556. The van der Waals surface area contributed by atoms with Crippen LogP contribution in [0, 0.1) is 0 Å². The van der Waals surface area contributed by atoms with Gasteiger partial charge in [0.25, 0.3) is 5.91 Å². The van der Waals surface area contributed by atoms with Crippen molar-refractivity contribution in [2.24, 2.45) is 0 Å². The number of ether oxygens (including phenoxy) is 1. The number of morpholine rings is 1. The van der Waals surface area contributed by atoms with Gasteiger partial charge in [0.15, 0.2) is 6.54 Å². The fourth-order valence-corrected chi connectivity index (χ4v) is 3.51. The molecule has 0 aromatic heterocycles. The van der Waals surface area contributed by atoms with Crippen LogP contribution in [0.1, 0.15) is 13.3 Å². The van der Waals surface area contributed by atoms with Crippen LogP contribution in [0.2, 0.25) is 0 Å². The molecule has 2 aliphatic rings. The normalized spacial score (nSPS) is 21.4. The number of hydrogen-bond acceptors (Lipinski definition) is 3. The molecular weight excluding hydrogens is 320 g/mol. The first-order valence-corrected chi connectivity index (χ1v) is 9.09. The molecule has 0 unspecified atom stereocenters. The van der Waals surface area contributed by atoms with Gasteiger partial charge < -0.3 is 25.2 Å². The van der Waals surface area contributed by atoms with Crippen molar-refractivity contribution in [1.29, 1.82) is 0 Å². The molecule has 0 spiro atoms. The van der Waals surface area contributed by atoms with E-state index in [0.29, 0.717) is 18.7 Å². The van der Waals surface area contributed by atoms with Gasteiger partial charge in [-0.1, -0.05) is 12.1 Å². The number of amides is 2. The van der Waals surface area contributed by atoms with Crippen molar-refractivity contribution >= 4 is 23.2 Å². The highest BCUT2D eigenvalue weighted by atomic mass is 16.5. The van der Waals surface area contributed by atoms with E-state index in [-0.39, 0.29) is 17.9 Å². The van der Waals surface area contributed by atoms with Crippen LogP contribution in [0.3, 0.4) is 0 Å². The van der Waals surface area contributed by atoms with Crippen LogP contribution in [0.25, 0.3) is 0 Å². The lowest BCUT2D eigenvalue weighted by atomic mass is 10.1. The lowest BCUT2D eigenvalue weighted by Gasteiger charge is -2.27. The Balaban J connectivity index is 1.57. The number of anilines is 2. The van der Waals surface area contributed by atoms with Crippen LogP contribution < -0.4 is 20.4 Å². The standard InChI is InChI=1S/C18H26N4O3/c1-14-12-17(23)20-15-4-2-3-5-16(15)22(14)18(24)13-19-6-7-21-8-10-25-11-9-21/h2-5,14,19H,6-13H2,1H3,(H,20,23)/p+2/t14-/m1/s1. The summed E-state index contributed by atoms with van der Waals surface area (Å²) in [4.78, 5) is 28.1. The van der Waals surface area contributed by atoms with Crippen molar-refractivity contribution in [2.75, 3.05) is 56.2 Å². The molecule has 1 aromatic rings. The molecule has 1 fully saturated rings. The average Bonchev–Trinajstić information content (AvgIpc) is 2.73. The SMILES string of the molecule is C[C@@H]1CC(=O)Nc2ccccc2N1C(=O)C[NH2+]CC[NH+]1CCOCC1. The molecule has 3 rings (SSSR count). The Labute approximate surface area is 148 Å². The van der Waals surface area contributed by atoms with E-state index >= 15 is 0 Å². The van der Waals surface area contributed by atoms with E-state index in [1.54, 1.807) is 9.80 Å². The van der Waals surface area contributed by atoms with Crippen molar-refractivity contribution in [3.8, 4) is 0 Å². The minimum absolute atomic E-state index is 0.0462. The second-order valence-electron chi connectivity index (χ2n) is 6.78. The third-order valence-corrected chi connectivity index (χ3v) is 4.85. The second-order valence-corrected chi connectivity index (χ2v) is 6.78. The molecule has 0 bridgehead atoms. The molecule has 1 atom stereocenters. The Kier molecular flexibility index (Phi) is 6.01. The summed E-state index contributed by atoms with van der Waals surface area (Å²) in [7, 11) is 0. The predicted molar refractivity (Wildman–Crippen MR) is 94.7 cm³/mol. The maximum Gasteiger partial charge on any atom is 0.282 e. The van der Waals surface area contributed by atoms with Crippen LogP contribution >= 0.6 is 0 Å². The average molecular weight is 348 g/mol. The van der Waals surface area contributed by atoms with E-state index in [1.165, 1.54) is 0 Å². The summed E-state index contributed by atoms with van der Waals surface area (Å²) in [5.74, 6) is 0.00331. The van der Waals surface area contributed by atoms with E-state index in [9.17, 15) is 9.59 Å². The van der Waals surface area contributed by atoms with Gasteiger partial charge in [-0.15, -0.1) is 0 Å². The molecule has 2 amide bonds. The first kappa shape index (κ1) is 17.8. The molecule has 1 saturated heterocycles. The number of benzene rings is 1. The van der Waals surface area contributed by atoms with E-state index in [4.69, 9.17) is 4.74 Å². The highest BCUT2D eigenvalue weighted by molar-refractivity contribution is 6.04. The van der Waals surface area contributed by atoms with Crippen molar-refractivity contribution in [3.63, 3.8) is 0 Å². The second kappa shape index (κ2) is 8.42. The number of nitrogens with zero attached hydrogens (tertiary/aromatic N) is 1. The summed E-state index contributed by atoms with van der Waals surface area (Å²) >= 11 is 0. The van der Waals surface area contributed by atoms with Gasteiger partial charge in [0, 0.05) is 12.5 Å². The van der Waals surface area contributed by atoms with Gasteiger partial charge in [-0.3, -0.25) is 9.59 Å². The smallest absolute Gasteiger partial charge is 0.282 e. The first-order valence-electron chi connectivity index (χ1n) is 9.09. The molecule has 136 valence electrons. The number of carbonyl (C=O) groups excluding carboxylic acids is 2. The Morgan fingerprint density at radius 3 is 2.92 bits per heavy atom. The predicted octanol–water partition coefficient (Wildman–Crippen LogP) is -1.77. The first-order chi connectivity index (χ1) is 12.1. The summed E-state index contributed by atoms with van der Waals surface area (Å²) < 4.78 is 5.36. The molecule has 25 heavy (non-hydrogen) atoms. The Morgan fingerprint density at radius 1 is 1.36 bits per heavy atom. The molecule has 2 aliphatic heterocycles. The molecule has 0 aliphatic carbocycles. The lowest BCUT2D eigenvalue weighted by molar-refractivity contribution is -0.919. The zero-order valence-electron chi connectivity index (χ0n) is 14.8. The van der Waals surface area contributed by atoms with Gasteiger partial charge in [0.1, 0.15) is 26.2 Å². The monoisotopic (exact) mass is 348 g/mol. The third kappa shape index (κ3) is 4.56. The van der Waals surface area contributed by atoms with Gasteiger partial charge in [-0.25, -0.2) is 0 Å². The summed E-state index contributed by atoms with van der Waals surface area (Å²) in [6.07, 6.45) is 0.318. The van der Waals surface area contributed by atoms with Crippen molar-refractivity contribution in [2.45, 2.75) is 19.4 Å². The number of fused-ring (bicyclic) bond motifs is 1. The highest BCUT2D eigenvalue weighted by Crippen LogP contribution is 2.30. The van der Waals surface area contributed by atoms with E-state index in [2.05, 4.69) is 10.6 Å². The molecular formula is C18H28N4O3+2. The zero-order valence-corrected chi connectivity index (χ0v) is 14.8. The lowest BCUT2D eigenvalue weighted by Crippen LogP contribution is -3.16. The molecule has 0 saturated carbocycles. The number of hydrogen-bond donors (Lipinski definition) is 3. The Bertz CT molecular complexity index is 616. The number of rotatable bonds is 5. The topological polar surface area (TPSA) is 79.7 Å².